The van der Waals surface area contributed by atoms with Crippen LogP contribution < -0.4 is 4.74 Å². The van der Waals surface area contributed by atoms with Gasteiger partial charge in [-0.15, -0.1) is 0 Å². The number of benzene rings is 2. The first-order valence-corrected chi connectivity index (χ1v) is 9.18. The fourth-order valence-corrected chi connectivity index (χ4v) is 3.52. The largest absolute Gasteiger partial charge is 0.484 e. The Morgan fingerprint density at radius 2 is 1.93 bits per heavy atom. The number of hydrogen-bond acceptors (Lipinski definition) is 5. The molecular formula is C20H21ClN2O5. The molecule has 0 spiro atoms. The van der Waals surface area contributed by atoms with Gasteiger partial charge in [-0.3, -0.25) is 14.9 Å². The predicted molar refractivity (Wildman–Crippen MR) is 105 cm³/mol. The maximum atomic E-state index is 13.0. The monoisotopic (exact) mass is 404 g/mol. The molecular weight excluding hydrogens is 384 g/mol. The maximum absolute atomic E-state index is 13.0. The third-order valence-corrected chi connectivity index (χ3v) is 5.23. The van der Waals surface area contributed by atoms with Crippen molar-refractivity contribution in [3.8, 4) is 5.75 Å². The highest BCUT2D eigenvalue weighted by Crippen LogP contribution is 2.35. The minimum Gasteiger partial charge on any atom is -0.484 e. The third kappa shape index (κ3) is 3.95. The number of ether oxygens (including phenoxy) is 2. The summed E-state index contributed by atoms with van der Waals surface area (Å²) in [5, 5.41) is 11.0. The van der Waals surface area contributed by atoms with Gasteiger partial charge in [0.1, 0.15) is 18.0 Å². The van der Waals surface area contributed by atoms with Crippen LogP contribution in [0.3, 0.4) is 0 Å². The van der Waals surface area contributed by atoms with Gasteiger partial charge in [0, 0.05) is 18.7 Å². The number of nitro benzene ring substituents is 1. The molecule has 7 nitrogen and oxygen atoms in total. The average Bonchev–Trinajstić information content (AvgIpc) is 3.07. The molecule has 0 radical (unpaired) electrons. The molecule has 3 rings (SSSR count). The maximum Gasteiger partial charge on any atom is 0.291 e. The topological polar surface area (TPSA) is 81.9 Å². The molecule has 0 saturated carbocycles. The number of methoxy groups -OCH3 is 1. The van der Waals surface area contributed by atoms with Crippen LogP contribution in [0.1, 0.15) is 21.5 Å². The van der Waals surface area contributed by atoms with Crippen molar-refractivity contribution >= 4 is 23.2 Å². The van der Waals surface area contributed by atoms with E-state index < -0.39 is 11.0 Å². The highest BCUT2D eigenvalue weighted by Gasteiger charge is 2.38. The SMILES string of the molecule is CO[C@@H]1CN(C(=O)c2cc(C)ccc2C)C[C@H]1Oc1cccc([N+](=O)[O-])c1Cl. The molecule has 0 aromatic heterocycles. The summed E-state index contributed by atoms with van der Waals surface area (Å²) in [5.41, 5.74) is 2.32. The molecule has 2 aromatic rings. The number of rotatable bonds is 5. The second kappa shape index (κ2) is 8.16. The first-order chi connectivity index (χ1) is 13.3. The van der Waals surface area contributed by atoms with Crippen molar-refractivity contribution in [2.75, 3.05) is 20.2 Å². The summed E-state index contributed by atoms with van der Waals surface area (Å²) < 4.78 is 11.4. The number of carbonyl (C=O) groups is 1. The van der Waals surface area contributed by atoms with Crippen molar-refractivity contribution in [3.63, 3.8) is 0 Å². The summed E-state index contributed by atoms with van der Waals surface area (Å²) in [6, 6.07) is 10.1. The number of nitro groups is 1. The molecule has 1 fully saturated rings. The van der Waals surface area contributed by atoms with Crippen LogP contribution in [0.15, 0.2) is 36.4 Å². The van der Waals surface area contributed by atoms with Crippen molar-refractivity contribution in [1.82, 2.24) is 4.90 Å². The van der Waals surface area contributed by atoms with Crippen molar-refractivity contribution in [1.29, 1.82) is 0 Å². The summed E-state index contributed by atoms with van der Waals surface area (Å²) in [4.78, 5) is 25.2. The van der Waals surface area contributed by atoms with Gasteiger partial charge in [0.15, 0.2) is 5.02 Å². The molecule has 2 atom stereocenters. The fraction of sp³-hybridized carbons (Fsp3) is 0.350. The number of hydrogen-bond donors (Lipinski definition) is 0. The lowest BCUT2D eigenvalue weighted by Gasteiger charge is -2.19. The molecule has 2 aromatic carbocycles. The molecule has 1 aliphatic rings. The zero-order chi connectivity index (χ0) is 20.4. The van der Waals surface area contributed by atoms with E-state index in [9.17, 15) is 14.9 Å². The highest BCUT2D eigenvalue weighted by atomic mass is 35.5. The van der Waals surface area contributed by atoms with Crippen molar-refractivity contribution in [3.05, 3.63) is 68.2 Å². The lowest BCUT2D eigenvalue weighted by atomic mass is 10.0. The van der Waals surface area contributed by atoms with E-state index in [-0.39, 0.29) is 28.5 Å². The van der Waals surface area contributed by atoms with E-state index in [1.165, 1.54) is 12.1 Å². The Hall–Kier alpha value is -2.64. The summed E-state index contributed by atoms with van der Waals surface area (Å²) >= 11 is 6.12. The van der Waals surface area contributed by atoms with Gasteiger partial charge in [-0.05, 0) is 31.5 Å². The quantitative estimate of drug-likeness (QED) is 0.559. The van der Waals surface area contributed by atoms with E-state index in [1.54, 1.807) is 18.1 Å². The molecule has 8 heteroatoms. The van der Waals surface area contributed by atoms with E-state index in [1.807, 2.05) is 32.0 Å². The predicted octanol–water partition coefficient (Wildman–Crippen LogP) is 3.78. The molecule has 1 aliphatic heterocycles. The molecule has 0 aliphatic carbocycles. The van der Waals surface area contributed by atoms with Crippen LogP contribution in [0.2, 0.25) is 5.02 Å². The van der Waals surface area contributed by atoms with Crippen LogP contribution in [0.25, 0.3) is 0 Å². The Morgan fingerprint density at radius 1 is 1.21 bits per heavy atom. The molecule has 148 valence electrons. The first-order valence-electron chi connectivity index (χ1n) is 8.80. The minimum atomic E-state index is -0.562. The summed E-state index contributed by atoms with van der Waals surface area (Å²) in [6.07, 6.45) is -0.858. The van der Waals surface area contributed by atoms with Crippen molar-refractivity contribution in [2.24, 2.45) is 0 Å². The zero-order valence-electron chi connectivity index (χ0n) is 15.8. The normalized spacial score (nSPS) is 18.9. The number of amides is 1. The van der Waals surface area contributed by atoms with Crippen LogP contribution >= 0.6 is 11.6 Å². The number of likely N-dealkylation sites (tertiary alicyclic amines) is 1. The summed E-state index contributed by atoms with van der Waals surface area (Å²) in [6.45, 7) is 4.49. The molecule has 0 bridgehead atoms. The van der Waals surface area contributed by atoms with E-state index in [2.05, 4.69) is 0 Å². The van der Waals surface area contributed by atoms with E-state index in [0.717, 1.165) is 11.1 Å². The van der Waals surface area contributed by atoms with Crippen LogP contribution in [-0.4, -0.2) is 48.1 Å². The van der Waals surface area contributed by atoms with Crippen LogP contribution in [-0.2, 0) is 4.74 Å². The molecule has 1 amide bonds. The lowest BCUT2D eigenvalue weighted by molar-refractivity contribution is -0.384. The van der Waals surface area contributed by atoms with Crippen molar-refractivity contribution in [2.45, 2.75) is 26.1 Å². The molecule has 1 saturated heterocycles. The van der Waals surface area contributed by atoms with Crippen LogP contribution in [0, 0.1) is 24.0 Å². The zero-order valence-corrected chi connectivity index (χ0v) is 16.6. The second-order valence-corrected chi connectivity index (χ2v) is 7.18. The number of halogens is 1. The Labute approximate surface area is 168 Å². The number of aryl methyl sites for hydroxylation is 2. The first kappa shape index (κ1) is 20.1. The van der Waals surface area contributed by atoms with Crippen LogP contribution in [0.4, 0.5) is 5.69 Å². The Balaban J connectivity index is 1.81. The van der Waals surface area contributed by atoms with Gasteiger partial charge in [-0.25, -0.2) is 0 Å². The van der Waals surface area contributed by atoms with Crippen molar-refractivity contribution < 1.29 is 19.2 Å². The second-order valence-electron chi connectivity index (χ2n) is 6.81. The van der Waals surface area contributed by atoms with Gasteiger partial charge in [0.25, 0.3) is 11.6 Å². The Kier molecular flexibility index (Phi) is 5.86. The van der Waals surface area contributed by atoms with E-state index in [4.69, 9.17) is 21.1 Å². The Bertz CT molecular complexity index is 917. The Morgan fingerprint density at radius 3 is 2.61 bits per heavy atom. The summed E-state index contributed by atoms with van der Waals surface area (Å²) in [7, 11) is 1.54. The van der Waals surface area contributed by atoms with Gasteiger partial charge >= 0.3 is 0 Å². The summed E-state index contributed by atoms with van der Waals surface area (Å²) in [5.74, 6) is 0.100. The smallest absolute Gasteiger partial charge is 0.291 e. The standard InChI is InChI=1S/C20H21ClN2O5/c1-12-7-8-13(2)14(9-12)20(24)22-10-17(27-3)18(11-22)28-16-6-4-5-15(19(16)21)23(25)26/h4-9,17-18H,10-11H2,1-3H3/t17-,18-/m1/s1. The molecule has 0 N–H and O–H groups in total. The van der Waals surface area contributed by atoms with E-state index >= 15 is 0 Å². The molecule has 0 unspecified atom stereocenters. The lowest BCUT2D eigenvalue weighted by Crippen LogP contribution is -2.32. The average molecular weight is 405 g/mol. The van der Waals surface area contributed by atoms with Gasteiger partial charge in [-0.1, -0.05) is 35.4 Å². The van der Waals surface area contributed by atoms with Gasteiger partial charge in [0.2, 0.25) is 0 Å². The van der Waals surface area contributed by atoms with E-state index in [0.29, 0.717) is 18.7 Å². The highest BCUT2D eigenvalue weighted by molar-refractivity contribution is 6.34. The van der Waals surface area contributed by atoms with Gasteiger partial charge in [-0.2, -0.15) is 0 Å². The van der Waals surface area contributed by atoms with Crippen LogP contribution in [0.5, 0.6) is 5.75 Å². The number of carbonyl (C=O) groups excluding carboxylic acids is 1. The molecule has 1 heterocycles. The fourth-order valence-electron chi connectivity index (χ4n) is 3.28. The third-order valence-electron chi connectivity index (χ3n) is 4.85. The number of nitrogens with zero attached hydrogens (tertiary/aromatic N) is 2. The minimum absolute atomic E-state index is 0.0679. The van der Waals surface area contributed by atoms with Gasteiger partial charge in [0.05, 0.1) is 18.0 Å². The molecule has 28 heavy (non-hydrogen) atoms. The van der Waals surface area contributed by atoms with Gasteiger partial charge < -0.3 is 14.4 Å².